The largest absolute Gasteiger partial charge is 0.378 e. The van der Waals surface area contributed by atoms with Gasteiger partial charge < -0.3 is 14.5 Å². The second-order valence-corrected chi connectivity index (χ2v) is 7.18. The lowest BCUT2D eigenvalue weighted by Crippen LogP contribution is -2.36. The number of benzene rings is 1. The molecule has 0 bridgehead atoms. The third-order valence-corrected chi connectivity index (χ3v) is 5.42. The highest BCUT2D eigenvalue weighted by Crippen LogP contribution is 2.27. The van der Waals surface area contributed by atoms with E-state index in [-0.39, 0.29) is 0 Å². The molecule has 0 radical (unpaired) electrons. The fourth-order valence-corrected chi connectivity index (χ4v) is 3.72. The van der Waals surface area contributed by atoms with Crippen LogP contribution in [0.4, 0.5) is 10.8 Å². The van der Waals surface area contributed by atoms with Crippen LogP contribution in [0.25, 0.3) is 10.7 Å². The van der Waals surface area contributed by atoms with Crippen molar-refractivity contribution in [2.75, 3.05) is 43.2 Å². The highest BCUT2D eigenvalue weighted by molar-refractivity contribution is 7.18. The minimum atomic E-state index is 0.792. The van der Waals surface area contributed by atoms with Crippen LogP contribution >= 0.6 is 11.3 Å². The van der Waals surface area contributed by atoms with Crippen LogP contribution in [0.2, 0.25) is 0 Å². The van der Waals surface area contributed by atoms with Gasteiger partial charge in [-0.3, -0.25) is 4.98 Å². The molecule has 1 saturated heterocycles. The highest BCUT2D eigenvalue weighted by Gasteiger charge is 2.13. The number of rotatable bonds is 5. The van der Waals surface area contributed by atoms with Crippen LogP contribution in [0.5, 0.6) is 0 Å². The molecule has 0 atom stereocenters. The van der Waals surface area contributed by atoms with E-state index in [4.69, 9.17) is 4.74 Å². The molecule has 134 valence electrons. The molecule has 0 saturated carbocycles. The minimum absolute atomic E-state index is 0.792. The highest BCUT2D eigenvalue weighted by atomic mass is 32.1. The summed E-state index contributed by atoms with van der Waals surface area (Å²) >= 11 is 1.56. The maximum Gasteiger partial charge on any atom is 0.208 e. The lowest BCUT2D eigenvalue weighted by atomic mass is 10.2. The van der Waals surface area contributed by atoms with Gasteiger partial charge in [0.1, 0.15) is 5.69 Å². The number of hydrogen-bond donors (Lipinski definition) is 0. The Morgan fingerprint density at radius 1 is 1.08 bits per heavy atom. The Morgan fingerprint density at radius 2 is 1.88 bits per heavy atom. The summed E-state index contributed by atoms with van der Waals surface area (Å²) in [5.41, 5.74) is 3.37. The van der Waals surface area contributed by atoms with Crippen LogP contribution in [-0.4, -0.2) is 48.5 Å². The molecular formula is C19H21N5OS. The van der Waals surface area contributed by atoms with Crippen molar-refractivity contribution in [2.45, 2.75) is 6.54 Å². The van der Waals surface area contributed by atoms with E-state index < -0.39 is 0 Å². The third kappa shape index (κ3) is 3.84. The molecule has 26 heavy (non-hydrogen) atoms. The van der Waals surface area contributed by atoms with Crippen LogP contribution in [-0.2, 0) is 11.3 Å². The molecule has 0 spiro atoms. The molecular weight excluding hydrogens is 346 g/mol. The zero-order chi connectivity index (χ0) is 17.8. The van der Waals surface area contributed by atoms with E-state index in [1.807, 2.05) is 25.2 Å². The Bertz CT molecular complexity index is 831. The number of pyridine rings is 1. The van der Waals surface area contributed by atoms with Crippen molar-refractivity contribution in [3.63, 3.8) is 0 Å². The van der Waals surface area contributed by atoms with E-state index in [1.54, 1.807) is 17.5 Å². The van der Waals surface area contributed by atoms with E-state index in [9.17, 15) is 0 Å². The van der Waals surface area contributed by atoms with Crippen molar-refractivity contribution < 1.29 is 4.74 Å². The molecule has 1 fully saturated rings. The third-order valence-electron chi connectivity index (χ3n) is 4.36. The van der Waals surface area contributed by atoms with Gasteiger partial charge in [-0.25, -0.2) is 0 Å². The van der Waals surface area contributed by atoms with Gasteiger partial charge in [-0.05, 0) is 29.8 Å². The van der Waals surface area contributed by atoms with E-state index >= 15 is 0 Å². The van der Waals surface area contributed by atoms with Gasteiger partial charge in [0, 0.05) is 38.6 Å². The first-order valence-electron chi connectivity index (χ1n) is 8.67. The second kappa shape index (κ2) is 7.80. The first-order chi connectivity index (χ1) is 12.8. The van der Waals surface area contributed by atoms with Crippen LogP contribution in [0, 0.1) is 0 Å². The van der Waals surface area contributed by atoms with Gasteiger partial charge in [0.25, 0.3) is 0 Å². The summed E-state index contributed by atoms with van der Waals surface area (Å²) in [5, 5.41) is 10.3. The van der Waals surface area contributed by atoms with Crippen molar-refractivity contribution in [3.8, 4) is 10.7 Å². The van der Waals surface area contributed by atoms with Gasteiger partial charge in [0.05, 0.1) is 13.2 Å². The monoisotopic (exact) mass is 367 g/mol. The molecule has 6 nitrogen and oxygen atoms in total. The number of morpholine rings is 1. The Hall–Kier alpha value is -2.51. The van der Waals surface area contributed by atoms with Crippen LogP contribution in [0.1, 0.15) is 5.56 Å². The number of aromatic nitrogens is 3. The van der Waals surface area contributed by atoms with E-state index in [0.29, 0.717) is 0 Å². The molecule has 1 aliphatic rings. The summed E-state index contributed by atoms with van der Waals surface area (Å²) in [6.45, 7) is 4.32. The normalized spacial score (nSPS) is 14.4. The van der Waals surface area contributed by atoms with Gasteiger partial charge >= 0.3 is 0 Å². The van der Waals surface area contributed by atoms with Crippen LogP contribution in [0.15, 0.2) is 48.7 Å². The molecule has 0 amide bonds. The SMILES string of the molecule is CN(Cc1ccc(N2CCOCC2)cc1)c1nnc(-c2ccccn2)s1. The predicted octanol–water partition coefficient (Wildman–Crippen LogP) is 3.07. The van der Waals surface area contributed by atoms with Crippen molar-refractivity contribution in [1.29, 1.82) is 0 Å². The number of nitrogens with zero attached hydrogens (tertiary/aromatic N) is 5. The smallest absolute Gasteiger partial charge is 0.208 e. The Morgan fingerprint density at radius 3 is 2.62 bits per heavy atom. The summed E-state index contributed by atoms with van der Waals surface area (Å²) in [6.07, 6.45) is 1.77. The summed E-state index contributed by atoms with van der Waals surface area (Å²) in [5.74, 6) is 0. The lowest BCUT2D eigenvalue weighted by Gasteiger charge is -2.29. The molecule has 0 unspecified atom stereocenters. The molecule has 1 aliphatic heterocycles. The van der Waals surface area contributed by atoms with E-state index in [0.717, 1.165) is 48.7 Å². The van der Waals surface area contributed by atoms with Gasteiger partial charge in [-0.2, -0.15) is 0 Å². The molecule has 0 N–H and O–H groups in total. The maximum atomic E-state index is 5.42. The summed E-state index contributed by atoms with van der Waals surface area (Å²) in [7, 11) is 2.04. The van der Waals surface area contributed by atoms with Crippen LogP contribution in [0.3, 0.4) is 0 Å². The Labute approximate surface area is 157 Å². The molecule has 1 aromatic carbocycles. The average Bonchev–Trinajstić information content (AvgIpc) is 3.20. The van der Waals surface area contributed by atoms with E-state index in [1.165, 1.54) is 11.3 Å². The first-order valence-corrected chi connectivity index (χ1v) is 9.49. The molecule has 0 aliphatic carbocycles. The predicted molar refractivity (Wildman–Crippen MR) is 105 cm³/mol. The average molecular weight is 367 g/mol. The molecule has 7 heteroatoms. The minimum Gasteiger partial charge on any atom is -0.378 e. The number of anilines is 2. The first kappa shape index (κ1) is 16.9. The lowest BCUT2D eigenvalue weighted by molar-refractivity contribution is 0.122. The van der Waals surface area contributed by atoms with Crippen molar-refractivity contribution >= 4 is 22.2 Å². The summed E-state index contributed by atoms with van der Waals surface area (Å²) < 4.78 is 5.42. The quantitative estimate of drug-likeness (QED) is 0.691. The van der Waals surface area contributed by atoms with Gasteiger partial charge in [-0.15, -0.1) is 10.2 Å². The topological polar surface area (TPSA) is 54.4 Å². The second-order valence-electron chi connectivity index (χ2n) is 6.23. The van der Waals surface area contributed by atoms with Crippen molar-refractivity contribution in [2.24, 2.45) is 0 Å². The van der Waals surface area contributed by atoms with Gasteiger partial charge in [0.15, 0.2) is 5.01 Å². The molecule has 4 rings (SSSR count). The molecule has 3 heterocycles. The Balaban J connectivity index is 1.41. The van der Waals surface area contributed by atoms with E-state index in [2.05, 4.69) is 49.2 Å². The van der Waals surface area contributed by atoms with Gasteiger partial charge in [-0.1, -0.05) is 29.5 Å². The maximum absolute atomic E-state index is 5.42. The fourth-order valence-electron chi connectivity index (χ4n) is 2.94. The zero-order valence-electron chi connectivity index (χ0n) is 14.7. The fraction of sp³-hybridized carbons (Fsp3) is 0.316. The number of ether oxygens (including phenoxy) is 1. The van der Waals surface area contributed by atoms with Crippen molar-refractivity contribution in [1.82, 2.24) is 15.2 Å². The Kier molecular flexibility index (Phi) is 5.08. The summed E-state index contributed by atoms with van der Waals surface area (Å²) in [4.78, 5) is 8.82. The van der Waals surface area contributed by atoms with Crippen molar-refractivity contribution in [3.05, 3.63) is 54.2 Å². The van der Waals surface area contributed by atoms with Crippen LogP contribution < -0.4 is 9.80 Å². The summed E-state index contributed by atoms with van der Waals surface area (Å²) in [6, 6.07) is 14.6. The number of hydrogen-bond acceptors (Lipinski definition) is 7. The van der Waals surface area contributed by atoms with Gasteiger partial charge in [0.2, 0.25) is 5.13 Å². The zero-order valence-corrected chi connectivity index (χ0v) is 15.5. The molecule has 3 aromatic rings. The molecule has 2 aromatic heterocycles. The standard InChI is InChI=1S/C19H21N5OS/c1-23(19-22-21-18(26-19)17-4-2-3-9-20-17)14-15-5-7-16(8-6-15)24-10-12-25-13-11-24/h2-9H,10-14H2,1H3.